The molecule has 0 fully saturated rings. The van der Waals surface area contributed by atoms with E-state index in [1.807, 2.05) is 28.8 Å². The summed E-state index contributed by atoms with van der Waals surface area (Å²) in [5.74, 6) is -0.320. The molecule has 0 saturated carbocycles. The summed E-state index contributed by atoms with van der Waals surface area (Å²) in [7, 11) is 0. The van der Waals surface area contributed by atoms with E-state index in [4.69, 9.17) is 0 Å². The highest BCUT2D eigenvalue weighted by molar-refractivity contribution is 6.04. The van der Waals surface area contributed by atoms with Gasteiger partial charge in [0.25, 0.3) is 5.91 Å². The van der Waals surface area contributed by atoms with E-state index in [1.54, 1.807) is 6.07 Å². The molecule has 3 rings (SSSR count). The van der Waals surface area contributed by atoms with E-state index in [9.17, 15) is 9.18 Å². The van der Waals surface area contributed by atoms with Crippen molar-refractivity contribution in [3.8, 4) is 0 Å². The predicted molar refractivity (Wildman–Crippen MR) is 84.4 cm³/mol. The van der Waals surface area contributed by atoms with Gasteiger partial charge < -0.3 is 4.57 Å². The van der Waals surface area contributed by atoms with Crippen LogP contribution < -0.4 is 5.32 Å². The number of hydrogen-bond acceptors (Lipinski definition) is 2. The molecule has 0 aliphatic heterocycles. The van der Waals surface area contributed by atoms with Crippen LogP contribution in [0.25, 0.3) is 11.0 Å². The minimum Gasteiger partial charge on any atom is -0.310 e. The first-order chi connectivity index (χ1) is 10.7. The molecular formula is C17H16FN3O. The molecule has 0 saturated heterocycles. The maximum atomic E-state index is 13.2. The van der Waals surface area contributed by atoms with Crippen molar-refractivity contribution >= 4 is 22.9 Å². The summed E-state index contributed by atoms with van der Waals surface area (Å²) in [5.41, 5.74) is 2.07. The molecule has 22 heavy (non-hydrogen) atoms. The average molecular weight is 297 g/mol. The second-order valence-electron chi connectivity index (χ2n) is 5.04. The largest absolute Gasteiger partial charge is 0.310 e. The minimum atomic E-state index is -0.435. The molecule has 3 aromatic rings. The van der Waals surface area contributed by atoms with Crippen LogP contribution in [0.3, 0.4) is 0 Å². The van der Waals surface area contributed by atoms with Crippen LogP contribution in [0.4, 0.5) is 10.3 Å². The first kappa shape index (κ1) is 14.3. The normalized spacial score (nSPS) is 10.8. The zero-order valence-electron chi connectivity index (χ0n) is 12.2. The lowest BCUT2D eigenvalue weighted by molar-refractivity contribution is 0.102. The van der Waals surface area contributed by atoms with Gasteiger partial charge in [0.1, 0.15) is 5.82 Å². The summed E-state index contributed by atoms with van der Waals surface area (Å²) < 4.78 is 15.2. The Bertz CT molecular complexity index is 826. The highest BCUT2D eigenvalue weighted by Gasteiger charge is 2.14. The number of halogens is 1. The van der Waals surface area contributed by atoms with Gasteiger partial charge in [0.15, 0.2) is 0 Å². The molecule has 1 heterocycles. The number of para-hydroxylation sites is 2. The standard InChI is InChI=1S/C17H16FN3O/c1-2-10-21-15-9-4-3-8-14(15)19-17(21)20-16(22)12-6-5-7-13(18)11-12/h3-9,11H,2,10H2,1H3,(H,19,20,22). The molecule has 0 spiro atoms. The number of rotatable bonds is 4. The first-order valence-electron chi connectivity index (χ1n) is 7.21. The molecule has 2 aromatic carbocycles. The van der Waals surface area contributed by atoms with Crippen molar-refractivity contribution < 1.29 is 9.18 Å². The van der Waals surface area contributed by atoms with Crippen LogP contribution in [-0.4, -0.2) is 15.5 Å². The number of anilines is 1. The van der Waals surface area contributed by atoms with Gasteiger partial charge in [-0.2, -0.15) is 0 Å². The lowest BCUT2D eigenvalue weighted by atomic mass is 10.2. The maximum Gasteiger partial charge on any atom is 0.258 e. The lowest BCUT2D eigenvalue weighted by Crippen LogP contribution is -2.16. The van der Waals surface area contributed by atoms with Crippen molar-refractivity contribution in [2.24, 2.45) is 0 Å². The van der Waals surface area contributed by atoms with Gasteiger partial charge in [-0.05, 0) is 36.8 Å². The molecule has 0 bridgehead atoms. The van der Waals surface area contributed by atoms with Crippen LogP contribution in [0, 0.1) is 5.82 Å². The Hall–Kier alpha value is -2.69. The summed E-state index contributed by atoms with van der Waals surface area (Å²) >= 11 is 0. The number of nitrogens with one attached hydrogen (secondary N) is 1. The van der Waals surface area contributed by atoms with Crippen LogP contribution in [0.15, 0.2) is 48.5 Å². The molecule has 0 aliphatic carbocycles. The molecule has 1 amide bonds. The molecule has 112 valence electrons. The van der Waals surface area contributed by atoms with Crippen molar-refractivity contribution in [1.29, 1.82) is 0 Å². The molecule has 0 unspecified atom stereocenters. The number of benzene rings is 2. The Kier molecular flexibility index (Phi) is 3.87. The second-order valence-corrected chi connectivity index (χ2v) is 5.04. The van der Waals surface area contributed by atoms with Gasteiger partial charge in [0, 0.05) is 12.1 Å². The van der Waals surface area contributed by atoms with Crippen molar-refractivity contribution in [2.45, 2.75) is 19.9 Å². The Morgan fingerprint density at radius 1 is 1.23 bits per heavy atom. The van der Waals surface area contributed by atoms with Gasteiger partial charge in [-0.15, -0.1) is 0 Å². The molecular weight excluding hydrogens is 281 g/mol. The Morgan fingerprint density at radius 3 is 2.82 bits per heavy atom. The van der Waals surface area contributed by atoms with Gasteiger partial charge in [-0.1, -0.05) is 25.1 Å². The Labute approximate surface area is 127 Å². The summed E-state index contributed by atoms with van der Waals surface area (Å²) in [6.07, 6.45) is 0.920. The third-order valence-electron chi connectivity index (χ3n) is 3.41. The summed E-state index contributed by atoms with van der Waals surface area (Å²) in [6, 6.07) is 13.3. The van der Waals surface area contributed by atoms with Crippen molar-refractivity contribution in [3.63, 3.8) is 0 Å². The van der Waals surface area contributed by atoms with Crippen molar-refractivity contribution in [2.75, 3.05) is 5.32 Å². The summed E-state index contributed by atoms with van der Waals surface area (Å²) in [6.45, 7) is 2.81. The van der Waals surface area contributed by atoms with Crippen LogP contribution >= 0.6 is 0 Å². The number of imidazole rings is 1. The number of fused-ring (bicyclic) bond motifs is 1. The molecule has 1 N–H and O–H groups in total. The zero-order chi connectivity index (χ0) is 15.5. The first-order valence-corrected chi connectivity index (χ1v) is 7.21. The van der Waals surface area contributed by atoms with Crippen LogP contribution in [0.5, 0.6) is 0 Å². The number of carbonyl (C=O) groups excluding carboxylic acids is 1. The van der Waals surface area contributed by atoms with Gasteiger partial charge in [0.05, 0.1) is 11.0 Å². The highest BCUT2D eigenvalue weighted by atomic mass is 19.1. The van der Waals surface area contributed by atoms with E-state index >= 15 is 0 Å². The van der Waals surface area contributed by atoms with Crippen LogP contribution in [0.1, 0.15) is 23.7 Å². The zero-order valence-corrected chi connectivity index (χ0v) is 12.2. The molecule has 1 aromatic heterocycles. The van der Waals surface area contributed by atoms with Gasteiger partial charge in [-0.25, -0.2) is 9.37 Å². The van der Waals surface area contributed by atoms with E-state index in [1.165, 1.54) is 18.2 Å². The minimum absolute atomic E-state index is 0.273. The van der Waals surface area contributed by atoms with Gasteiger partial charge in [0.2, 0.25) is 5.95 Å². The van der Waals surface area contributed by atoms with E-state index in [-0.39, 0.29) is 11.5 Å². The van der Waals surface area contributed by atoms with Crippen molar-refractivity contribution in [1.82, 2.24) is 9.55 Å². The van der Waals surface area contributed by atoms with Crippen molar-refractivity contribution in [3.05, 3.63) is 59.9 Å². The summed E-state index contributed by atoms with van der Waals surface area (Å²) in [4.78, 5) is 16.7. The number of hydrogen-bond donors (Lipinski definition) is 1. The molecule has 0 aliphatic rings. The maximum absolute atomic E-state index is 13.2. The quantitative estimate of drug-likeness (QED) is 0.795. The Morgan fingerprint density at radius 2 is 2.05 bits per heavy atom. The monoisotopic (exact) mass is 297 g/mol. The van der Waals surface area contributed by atoms with Crippen LogP contribution in [-0.2, 0) is 6.54 Å². The third-order valence-corrected chi connectivity index (χ3v) is 3.41. The van der Waals surface area contributed by atoms with E-state index < -0.39 is 5.82 Å². The van der Waals surface area contributed by atoms with Gasteiger partial charge >= 0.3 is 0 Å². The van der Waals surface area contributed by atoms with Crippen LogP contribution in [0.2, 0.25) is 0 Å². The fourth-order valence-electron chi connectivity index (χ4n) is 2.42. The molecule has 0 atom stereocenters. The van der Waals surface area contributed by atoms with E-state index in [0.717, 1.165) is 24.0 Å². The smallest absolute Gasteiger partial charge is 0.258 e. The van der Waals surface area contributed by atoms with E-state index in [0.29, 0.717) is 5.95 Å². The number of aromatic nitrogens is 2. The number of nitrogens with zero attached hydrogens (tertiary/aromatic N) is 2. The lowest BCUT2D eigenvalue weighted by Gasteiger charge is -2.09. The SMILES string of the molecule is CCCn1c(NC(=O)c2cccc(F)c2)nc2ccccc21. The number of amides is 1. The summed E-state index contributed by atoms with van der Waals surface area (Å²) in [5, 5.41) is 2.77. The van der Waals surface area contributed by atoms with Gasteiger partial charge in [-0.3, -0.25) is 10.1 Å². The third kappa shape index (κ3) is 2.70. The number of carbonyl (C=O) groups is 1. The molecule has 0 radical (unpaired) electrons. The topological polar surface area (TPSA) is 46.9 Å². The number of aryl methyl sites for hydroxylation is 1. The fourth-order valence-corrected chi connectivity index (χ4v) is 2.42. The fraction of sp³-hybridized carbons (Fsp3) is 0.176. The Balaban J connectivity index is 1.96. The van der Waals surface area contributed by atoms with E-state index in [2.05, 4.69) is 17.2 Å². The average Bonchev–Trinajstić information content (AvgIpc) is 2.85. The molecule has 5 heteroatoms. The predicted octanol–water partition coefficient (Wildman–Crippen LogP) is 3.84. The molecule has 4 nitrogen and oxygen atoms in total. The second kappa shape index (κ2) is 5.97. The highest BCUT2D eigenvalue weighted by Crippen LogP contribution is 2.20.